The lowest BCUT2D eigenvalue weighted by molar-refractivity contribution is -0.139. The quantitative estimate of drug-likeness (QED) is 0.752. The van der Waals surface area contributed by atoms with Crippen LogP contribution in [-0.2, 0) is 26.1 Å². The highest BCUT2D eigenvalue weighted by Gasteiger charge is 2.29. The molecule has 0 heterocycles. The molecule has 0 aromatic heterocycles. The van der Waals surface area contributed by atoms with Crippen LogP contribution in [0.2, 0.25) is 0 Å². The number of ether oxygens (including phenoxy) is 1. The Hall–Kier alpha value is -1.60. The molecule has 2 N–H and O–H groups in total. The third-order valence-electron chi connectivity index (χ3n) is 2.64. The van der Waals surface area contributed by atoms with Crippen molar-refractivity contribution in [2.75, 3.05) is 18.9 Å². The smallest absolute Gasteiger partial charge is 0.325 e. The van der Waals surface area contributed by atoms with Gasteiger partial charge in [0.15, 0.2) is 5.25 Å². The van der Waals surface area contributed by atoms with E-state index in [1.54, 1.807) is 25.2 Å². The van der Waals surface area contributed by atoms with Crippen molar-refractivity contribution in [3.8, 4) is 0 Å². The van der Waals surface area contributed by atoms with Crippen LogP contribution in [0.25, 0.3) is 0 Å². The Labute approximate surface area is 113 Å². The van der Waals surface area contributed by atoms with Crippen molar-refractivity contribution < 1.29 is 17.9 Å². The van der Waals surface area contributed by atoms with E-state index in [4.69, 9.17) is 0 Å². The van der Waals surface area contributed by atoms with Crippen molar-refractivity contribution >= 4 is 21.7 Å². The highest BCUT2D eigenvalue weighted by Crippen LogP contribution is 2.18. The zero-order chi connectivity index (χ0) is 14.5. The number of rotatable bonds is 6. The van der Waals surface area contributed by atoms with Gasteiger partial charge in [0, 0.05) is 6.54 Å². The summed E-state index contributed by atoms with van der Waals surface area (Å²) in [6.07, 6.45) is 0. The molecule has 0 aliphatic rings. The molecule has 0 amide bonds. The third-order valence-corrected chi connectivity index (χ3v) is 4.26. The number of carbonyl (C=O) groups is 1. The van der Waals surface area contributed by atoms with Gasteiger partial charge in [0.2, 0.25) is 10.0 Å². The number of para-hydroxylation sites is 1. The maximum atomic E-state index is 12.0. The van der Waals surface area contributed by atoms with Crippen molar-refractivity contribution in [1.29, 1.82) is 0 Å². The average molecular weight is 286 g/mol. The Balaban J connectivity index is 2.98. The number of anilines is 1. The number of nitrogens with one attached hydrogen (secondary N) is 2. The Morgan fingerprint density at radius 1 is 1.37 bits per heavy atom. The van der Waals surface area contributed by atoms with Crippen LogP contribution in [0.15, 0.2) is 24.3 Å². The van der Waals surface area contributed by atoms with Gasteiger partial charge in [0.05, 0.1) is 12.8 Å². The molecule has 1 aromatic carbocycles. The standard InChI is InChI=1S/C12H18N2O4S/c1-9(12(15)18-3)19(16,17)14-11-7-5-4-6-10(11)8-13-2/h4-7,9,13-14H,8H2,1-3H3. The van der Waals surface area contributed by atoms with E-state index >= 15 is 0 Å². The zero-order valence-electron chi connectivity index (χ0n) is 11.1. The van der Waals surface area contributed by atoms with Crippen molar-refractivity contribution in [2.24, 2.45) is 0 Å². The molecular weight excluding hydrogens is 268 g/mol. The molecule has 19 heavy (non-hydrogen) atoms. The number of benzene rings is 1. The molecule has 0 fully saturated rings. The summed E-state index contributed by atoms with van der Waals surface area (Å²) in [4.78, 5) is 11.3. The second kappa shape index (κ2) is 6.53. The fraction of sp³-hybridized carbons (Fsp3) is 0.417. The van der Waals surface area contributed by atoms with E-state index in [1.165, 1.54) is 6.92 Å². The lowest BCUT2D eigenvalue weighted by atomic mass is 10.2. The molecular formula is C12H18N2O4S. The van der Waals surface area contributed by atoms with E-state index in [-0.39, 0.29) is 0 Å². The summed E-state index contributed by atoms with van der Waals surface area (Å²) >= 11 is 0. The Kier molecular flexibility index (Phi) is 5.31. The maximum Gasteiger partial charge on any atom is 0.325 e. The summed E-state index contributed by atoms with van der Waals surface area (Å²) in [5.41, 5.74) is 1.25. The summed E-state index contributed by atoms with van der Waals surface area (Å²) < 4.78 is 30.9. The number of carbonyl (C=O) groups excluding carboxylic acids is 1. The van der Waals surface area contributed by atoms with Gasteiger partial charge >= 0.3 is 5.97 Å². The summed E-state index contributed by atoms with van der Waals surface area (Å²) in [6.45, 7) is 1.81. The van der Waals surface area contributed by atoms with E-state index in [9.17, 15) is 13.2 Å². The molecule has 0 radical (unpaired) electrons. The van der Waals surface area contributed by atoms with Crippen LogP contribution < -0.4 is 10.0 Å². The molecule has 7 heteroatoms. The summed E-state index contributed by atoms with van der Waals surface area (Å²) in [5, 5.41) is 1.68. The number of hydrogen-bond acceptors (Lipinski definition) is 5. The maximum absolute atomic E-state index is 12.0. The highest BCUT2D eigenvalue weighted by molar-refractivity contribution is 7.94. The molecule has 1 unspecified atom stereocenters. The Bertz CT molecular complexity index is 542. The topological polar surface area (TPSA) is 84.5 Å². The first-order chi connectivity index (χ1) is 8.92. The highest BCUT2D eigenvalue weighted by atomic mass is 32.2. The van der Waals surface area contributed by atoms with Gasteiger partial charge in [-0.15, -0.1) is 0 Å². The van der Waals surface area contributed by atoms with E-state index < -0.39 is 21.2 Å². The average Bonchev–Trinajstić information content (AvgIpc) is 2.39. The molecule has 0 aliphatic heterocycles. The minimum Gasteiger partial charge on any atom is -0.468 e. The summed E-state index contributed by atoms with van der Waals surface area (Å²) in [5.74, 6) is -0.793. The fourth-order valence-corrected chi connectivity index (χ4v) is 2.53. The molecule has 6 nitrogen and oxygen atoms in total. The van der Waals surface area contributed by atoms with Gasteiger partial charge in [-0.25, -0.2) is 8.42 Å². The number of methoxy groups -OCH3 is 1. The Morgan fingerprint density at radius 3 is 2.58 bits per heavy atom. The lowest BCUT2D eigenvalue weighted by Crippen LogP contribution is -2.33. The predicted octanol–water partition coefficient (Wildman–Crippen LogP) is 0.709. The second-order valence-electron chi connectivity index (χ2n) is 4.00. The number of esters is 1. The van der Waals surface area contributed by atoms with E-state index in [0.29, 0.717) is 12.2 Å². The molecule has 106 valence electrons. The molecule has 1 rings (SSSR count). The predicted molar refractivity (Wildman–Crippen MR) is 73.2 cm³/mol. The van der Waals surface area contributed by atoms with Crippen molar-refractivity contribution in [3.05, 3.63) is 29.8 Å². The van der Waals surface area contributed by atoms with E-state index in [0.717, 1.165) is 12.7 Å². The van der Waals surface area contributed by atoms with Gasteiger partial charge in [-0.05, 0) is 25.6 Å². The normalized spacial score (nSPS) is 12.8. The molecule has 0 bridgehead atoms. The molecule has 0 saturated heterocycles. The molecule has 1 aromatic rings. The van der Waals surface area contributed by atoms with Gasteiger partial charge in [-0.2, -0.15) is 0 Å². The third kappa shape index (κ3) is 3.93. The monoisotopic (exact) mass is 286 g/mol. The SMILES string of the molecule is CNCc1ccccc1NS(=O)(=O)C(C)C(=O)OC. The van der Waals surface area contributed by atoms with Gasteiger partial charge in [-0.1, -0.05) is 18.2 Å². The van der Waals surface area contributed by atoms with Gasteiger partial charge in [0.1, 0.15) is 0 Å². The zero-order valence-corrected chi connectivity index (χ0v) is 12.0. The van der Waals surface area contributed by atoms with Crippen LogP contribution in [-0.4, -0.2) is 33.8 Å². The minimum atomic E-state index is -3.82. The van der Waals surface area contributed by atoms with Crippen LogP contribution in [0.5, 0.6) is 0 Å². The fourth-order valence-electron chi connectivity index (χ4n) is 1.50. The molecule has 0 aliphatic carbocycles. The van der Waals surface area contributed by atoms with Gasteiger partial charge in [0.25, 0.3) is 0 Å². The number of sulfonamides is 1. The van der Waals surface area contributed by atoms with Crippen molar-refractivity contribution in [1.82, 2.24) is 5.32 Å². The first kappa shape index (κ1) is 15.5. The lowest BCUT2D eigenvalue weighted by Gasteiger charge is -2.15. The largest absolute Gasteiger partial charge is 0.468 e. The Morgan fingerprint density at radius 2 is 2.00 bits per heavy atom. The van der Waals surface area contributed by atoms with Crippen LogP contribution in [0.1, 0.15) is 12.5 Å². The van der Waals surface area contributed by atoms with Crippen LogP contribution >= 0.6 is 0 Å². The van der Waals surface area contributed by atoms with Crippen molar-refractivity contribution in [3.63, 3.8) is 0 Å². The molecule has 0 saturated carbocycles. The van der Waals surface area contributed by atoms with Crippen LogP contribution in [0.4, 0.5) is 5.69 Å². The molecule has 0 spiro atoms. The first-order valence-electron chi connectivity index (χ1n) is 5.74. The summed E-state index contributed by atoms with van der Waals surface area (Å²) in [7, 11) is -0.896. The number of hydrogen-bond donors (Lipinski definition) is 2. The van der Waals surface area contributed by atoms with Crippen LogP contribution in [0.3, 0.4) is 0 Å². The van der Waals surface area contributed by atoms with Gasteiger partial charge in [-0.3, -0.25) is 9.52 Å². The van der Waals surface area contributed by atoms with Gasteiger partial charge < -0.3 is 10.1 Å². The summed E-state index contributed by atoms with van der Waals surface area (Å²) in [6, 6.07) is 6.99. The molecule has 1 atom stereocenters. The second-order valence-corrected chi connectivity index (χ2v) is 6.00. The van der Waals surface area contributed by atoms with Crippen LogP contribution in [0, 0.1) is 0 Å². The minimum absolute atomic E-state index is 0.451. The van der Waals surface area contributed by atoms with E-state index in [2.05, 4.69) is 14.8 Å². The first-order valence-corrected chi connectivity index (χ1v) is 7.29. The van der Waals surface area contributed by atoms with E-state index in [1.807, 2.05) is 6.07 Å². The van der Waals surface area contributed by atoms with Crippen molar-refractivity contribution in [2.45, 2.75) is 18.7 Å².